The lowest BCUT2D eigenvalue weighted by Gasteiger charge is -2.23. The van der Waals surface area contributed by atoms with E-state index in [1.54, 1.807) is 0 Å². The summed E-state index contributed by atoms with van der Waals surface area (Å²) in [7, 11) is -3.48. The first kappa shape index (κ1) is 15.5. The number of anilines is 1. The Morgan fingerprint density at radius 2 is 2.15 bits per heavy atom. The number of hydrogen-bond donors (Lipinski definition) is 2. The average molecular weight is 321 g/mol. The van der Waals surface area contributed by atoms with Gasteiger partial charge in [0.25, 0.3) is 0 Å². The summed E-state index contributed by atoms with van der Waals surface area (Å²) >= 11 is 5.69. The van der Waals surface area contributed by atoms with Gasteiger partial charge in [-0.25, -0.2) is 12.8 Å². The zero-order chi connectivity index (χ0) is 14.6. The zero-order valence-corrected chi connectivity index (χ0v) is 12.6. The Morgan fingerprint density at radius 3 is 2.80 bits per heavy atom. The lowest BCUT2D eigenvalue weighted by molar-refractivity contribution is 0.393. The molecular weight excluding hydrogens is 303 g/mol. The van der Waals surface area contributed by atoms with Crippen LogP contribution in [0.5, 0.6) is 0 Å². The number of nitrogens with one attached hydrogen (secondary N) is 2. The molecular formula is C13H18ClFN2O2S. The number of hydrogen-bond acceptors (Lipinski definition) is 3. The number of rotatable bonds is 5. The van der Waals surface area contributed by atoms with Crippen molar-refractivity contribution in [2.75, 3.05) is 17.0 Å². The van der Waals surface area contributed by atoms with Gasteiger partial charge in [0.15, 0.2) is 0 Å². The van der Waals surface area contributed by atoms with E-state index >= 15 is 0 Å². The van der Waals surface area contributed by atoms with Crippen LogP contribution in [0.2, 0.25) is 5.02 Å². The first-order valence-electron chi connectivity index (χ1n) is 6.64. The van der Waals surface area contributed by atoms with Crippen molar-refractivity contribution in [2.45, 2.75) is 31.7 Å². The van der Waals surface area contributed by atoms with Gasteiger partial charge in [-0.3, -0.25) is 4.72 Å². The molecule has 2 rings (SSSR count). The summed E-state index contributed by atoms with van der Waals surface area (Å²) in [4.78, 5) is 0. The molecule has 1 aliphatic rings. The van der Waals surface area contributed by atoms with Crippen molar-refractivity contribution in [2.24, 2.45) is 0 Å². The molecule has 1 aliphatic heterocycles. The predicted molar refractivity (Wildman–Crippen MR) is 79.1 cm³/mol. The number of benzene rings is 1. The fourth-order valence-electron chi connectivity index (χ4n) is 2.31. The Balaban J connectivity index is 1.92. The highest BCUT2D eigenvalue weighted by molar-refractivity contribution is 7.92. The van der Waals surface area contributed by atoms with Crippen LogP contribution in [0.25, 0.3) is 0 Å². The van der Waals surface area contributed by atoms with Crippen LogP contribution in [0.4, 0.5) is 10.1 Å². The van der Waals surface area contributed by atoms with Gasteiger partial charge in [-0.05, 0) is 44.0 Å². The van der Waals surface area contributed by atoms with Crippen molar-refractivity contribution in [1.82, 2.24) is 5.32 Å². The minimum atomic E-state index is -3.48. The molecule has 1 saturated heterocycles. The maximum Gasteiger partial charge on any atom is 0.232 e. The molecule has 0 amide bonds. The number of halogens is 2. The average Bonchev–Trinajstić information content (AvgIpc) is 2.36. The normalized spacial score (nSPS) is 19.8. The van der Waals surface area contributed by atoms with E-state index < -0.39 is 15.8 Å². The van der Waals surface area contributed by atoms with E-state index in [0.29, 0.717) is 6.42 Å². The highest BCUT2D eigenvalue weighted by Gasteiger charge is 2.17. The Bertz CT molecular complexity index is 539. The molecule has 0 spiro atoms. The second-order valence-corrected chi connectivity index (χ2v) is 7.29. The standard InChI is InChI=1S/C13H18ClFN2O2S/c14-10-7-11(15)9-13(8-10)17-20(18,19)6-4-12-3-1-2-5-16-12/h7-9,12,16-17H,1-6H2. The topological polar surface area (TPSA) is 58.2 Å². The van der Waals surface area contributed by atoms with Crippen LogP contribution in [-0.2, 0) is 10.0 Å². The first-order chi connectivity index (χ1) is 9.44. The van der Waals surface area contributed by atoms with E-state index in [4.69, 9.17) is 11.6 Å². The van der Waals surface area contributed by atoms with E-state index in [1.807, 2.05) is 0 Å². The summed E-state index contributed by atoms with van der Waals surface area (Å²) in [6.45, 7) is 0.942. The van der Waals surface area contributed by atoms with Crippen LogP contribution in [0, 0.1) is 5.82 Å². The SMILES string of the molecule is O=S(=O)(CCC1CCCCN1)Nc1cc(F)cc(Cl)c1. The summed E-state index contributed by atoms with van der Waals surface area (Å²) in [6, 6.07) is 3.88. The van der Waals surface area contributed by atoms with Gasteiger partial charge in [-0.15, -0.1) is 0 Å². The monoisotopic (exact) mass is 320 g/mol. The van der Waals surface area contributed by atoms with Crippen molar-refractivity contribution in [3.63, 3.8) is 0 Å². The Hall–Kier alpha value is -0.850. The van der Waals surface area contributed by atoms with Crippen molar-refractivity contribution in [3.8, 4) is 0 Å². The van der Waals surface area contributed by atoms with Gasteiger partial charge in [0.1, 0.15) is 5.82 Å². The van der Waals surface area contributed by atoms with E-state index in [-0.39, 0.29) is 22.5 Å². The highest BCUT2D eigenvalue weighted by Crippen LogP contribution is 2.19. The molecule has 4 nitrogen and oxygen atoms in total. The molecule has 0 aliphatic carbocycles. The molecule has 20 heavy (non-hydrogen) atoms. The van der Waals surface area contributed by atoms with Crippen LogP contribution >= 0.6 is 11.6 Å². The fourth-order valence-corrected chi connectivity index (χ4v) is 3.71. The third kappa shape index (κ3) is 4.92. The summed E-state index contributed by atoms with van der Waals surface area (Å²) in [5.41, 5.74) is 0.159. The summed E-state index contributed by atoms with van der Waals surface area (Å²) < 4.78 is 39.4. The third-order valence-corrected chi connectivity index (χ3v) is 4.82. The number of piperidine rings is 1. The molecule has 1 aromatic carbocycles. The molecule has 1 unspecified atom stereocenters. The molecule has 7 heteroatoms. The van der Waals surface area contributed by atoms with Gasteiger partial charge in [-0.1, -0.05) is 18.0 Å². The largest absolute Gasteiger partial charge is 0.314 e. The lowest BCUT2D eigenvalue weighted by Crippen LogP contribution is -2.36. The molecule has 1 heterocycles. The van der Waals surface area contributed by atoms with E-state index in [2.05, 4.69) is 10.0 Å². The second-order valence-electron chi connectivity index (χ2n) is 5.01. The molecule has 1 fully saturated rings. The highest BCUT2D eigenvalue weighted by atomic mass is 35.5. The molecule has 2 N–H and O–H groups in total. The smallest absolute Gasteiger partial charge is 0.232 e. The molecule has 0 saturated carbocycles. The first-order valence-corrected chi connectivity index (χ1v) is 8.68. The maximum atomic E-state index is 13.2. The second kappa shape index (κ2) is 6.74. The van der Waals surface area contributed by atoms with Crippen LogP contribution in [-0.4, -0.2) is 26.8 Å². The minimum Gasteiger partial charge on any atom is -0.314 e. The van der Waals surface area contributed by atoms with Gasteiger partial charge in [0, 0.05) is 11.1 Å². The molecule has 0 bridgehead atoms. The van der Waals surface area contributed by atoms with Crippen LogP contribution < -0.4 is 10.0 Å². The quantitative estimate of drug-likeness (QED) is 0.877. The van der Waals surface area contributed by atoms with Gasteiger partial charge >= 0.3 is 0 Å². The Morgan fingerprint density at radius 1 is 1.35 bits per heavy atom. The van der Waals surface area contributed by atoms with Crippen molar-refractivity contribution < 1.29 is 12.8 Å². The van der Waals surface area contributed by atoms with E-state index in [9.17, 15) is 12.8 Å². The lowest BCUT2D eigenvalue weighted by atomic mass is 10.0. The van der Waals surface area contributed by atoms with Crippen LogP contribution in [0.1, 0.15) is 25.7 Å². The van der Waals surface area contributed by atoms with Crippen molar-refractivity contribution in [1.29, 1.82) is 0 Å². The molecule has 0 radical (unpaired) electrons. The molecule has 0 aromatic heterocycles. The summed E-state index contributed by atoms with van der Waals surface area (Å²) in [5.74, 6) is -0.553. The van der Waals surface area contributed by atoms with Crippen molar-refractivity contribution >= 4 is 27.3 Å². The van der Waals surface area contributed by atoms with E-state index in [0.717, 1.165) is 37.9 Å². The van der Waals surface area contributed by atoms with Gasteiger partial charge < -0.3 is 5.32 Å². The Kier molecular flexibility index (Phi) is 5.23. The Labute approximate surface area is 123 Å². The summed E-state index contributed by atoms with van der Waals surface area (Å²) in [6.07, 6.45) is 3.83. The van der Waals surface area contributed by atoms with Crippen LogP contribution in [0.3, 0.4) is 0 Å². The van der Waals surface area contributed by atoms with Crippen molar-refractivity contribution in [3.05, 3.63) is 29.0 Å². The number of sulfonamides is 1. The van der Waals surface area contributed by atoms with E-state index in [1.165, 1.54) is 6.07 Å². The zero-order valence-electron chi connectivity index (χ0n) is 11.0. The van der Waals surface area contributed by atoms with Gasteiger partial charge in [0.2, 0.25) is 10.0 Å². The summed E-state index contributed by atoms with van der Waals surface area (Å²) in [5, 5.41) is 3.46. The predicted octanol–water partition coefficient (Wildman–Crippen LogP) is 2.75. The van der Waals surface area contributed by atoms with Crippen LogP contribution in [0.15, 0.2) is 18.2 Å². The third-order valence-electron chi connectivity index (χ3n) is 3.28. The van der Waals surface area contributed by atoms with Gasteiger partial charge in [0.05, 0.1) is 11.4 Å². The molecule has 1 atom stereocenters. The fraction of sp³-hybridized carbons (Fsp3) is 0.538. The van der Waals surface area contributed by atoms with Gasteiger partial charge in [-0.2, -0.15) is 0 Å². The molecule has 1 aromatic rings. The minimum absolute atomic E-state index is 0.0127. The molecule has 112 valence electrons. The maximum absolute atomic E-state index is 13.2.